The van der Waals surface area contributed by atoms with Gasteiger partial charge in [0, 0.05) is 17.4 Å². The first-order chi connectivity index (χ1) is 12.7. The van der Waals surface area contributed by atoms with E-state index in [0.29, 0.717) is 11.5 Å². The molecule has 0 spiro atoms. The molecule has 1 aromatic carbocycles. The molecule has 0 radical (unpaired) electrons. The number of amides is 1. The lowest BCUT2D eigenvalue weighted by atomic mass is 9.96. The largest absolute Gasteiger partial charge is 0.484 e. The van der Waals surface area contributed by atoms with Gasteiger partial charge in [-0.15, -0.1) is 0 Å². The Labute approximate surface area is 150 Å². The number of benzene rings is 1. The van der Waals surface area contributed by atoms with Gasteiger partial charge >= 0.3 is 0 Å². The lowest BCUT2D eigenvalue weighted by Gasteiger charge is -2.11. The molecule has 2 aromatic heterocycles. The van der Waals surface area contributed by atoms with Crippen LogP contribution in [0.15, 0.2) is 45.4 Å². The number of fused-ring (bicyclic) bond motifs is 3. The molecule has 0 bridgehead atoms. The van der Waals surface area contributed by atoms with E-state index in [2.05, 4.69) is 5.32 Å². The Morgan fingerprint density at radius 2 is 2.15 bits per heavy atom. The third kappa shape index (κ3) is 3.46. The molecule has 0 aliphatic heterocycles. The molecular formula is C20H21NO5. The van der Waals surface area contributed by atoms with E-state index >= 15 is 0 Å². The molecule has 1 aliphatic rings. The van der Waals surface area contributed by atoms with E-state index in [0.717, 1.165) is 29.6 Å². The Kier molecular flexibility index (Phi) is 4.67. The third-order valence-electron chi connectivity index (χ3n) is 4.66. The van der Waals surface area contributed by atoms with Gasteiger partial charge in [-0.1, -0.05) is 0 Å². The Morgan fingerprint density at radius 3 is 3.00 bits per heavy atom. The smallest absolute Gasteiger partial charge is 0.258 e. The van der Waals surface area contributed by atoms with Crippen molar-refractivity contribution in [2.24, 2.45) is 0 Å². The topological polar surface area (TPSA) is 84.8 Å². The van der Waals surface area contributed by atoms with Crippen LogP contribution in [0.5, 0.6) is 5.75 Å². The van der Waals surface area contributed by atoms with Gasteiger partial charge in [-0.2, -0.15) is 0 Å². The maximum Gasteiger partial charge on any atom is 0.258 e. The van der Waals surface area contributed by atoms with Gasteiger partial charge in [0.15, 0.2) is 6.61 Å². The monoisotopic (exact) mass is 355 g/mol. The van der Waals surface area contributed by atoms with Crippen molar-refractivity contribution >= 4 is 16.9 Å². The summed E-state index contributed by atoms with van der Waals surface area (Å²) in [6.07, 6.45) is 4.96. The molecule has 0 saturated heterocycles. The van der Waals surface area contributed by atoms with Gasteiger partial charge < -0.3 is 24.0 Å². The number of aliphatic hydroxyl groups excluding tert-OH is 1. The van der Waals surface area contributed by atoms with Crippen LogP contribution in [0.2, 0.25) is 0 Å². The van der Waals surface area contributed by atoms with Crippen molar-refractivity contribution in [3.05, 3.63) is 53.7 Å². The number of carbonyl (C=O) groups excluding carboxylic acids is 1. The molecule has 0 fully saturated rings. The maximum absolute atomic E-state index is 11.9. The molecule has 26 heavy (non-hydrogen) atoms. The van der Waals surface area contributed by atoms with Crippen LogP contribution in [0, 0.1) is 0 Å². The summed E-state index contributed by atoms with van der Waals surface area (Å²) in [6.45, 7) is -0.0413. The van der Waals surface area contributed by atoms with E-state index in [4.69, 9.17) is 13.6 Å². The predicted molar refractivity (Wildman–Crippen MR) is 95.0 cm³/mol. The van der Waals surface area contributed by atoms with Gasteiger partial charge in [-0.3, -0.25) is 4.79 Å². The zero-order valence-corrected chi connectivity index (χ0v) is 14.4. The van der Waals surface area contributed by atoms with Crippen LogP contribution in [0.25, 0.3) is 11.0 Å². The van der Waals surface area contributed by atoms with Crippen molar-refractivity contribution < 1.29 is 23.5 Å². The zero-order valence-electron chi connectivity index (χ0n) is 14.4. The second-order valence-electron chi connectivity index (χ2n) is 6.49. The minimum atomic E-state index is -0.872. The minimum Gasteiger partial charge on any atom is -0.484 e. The van der Waals surface area contributed by atoms with Crippen LogP contribution in [0.1, 0.15) is 36.0 Å². The maximum atomic E-state index is 11.9. The Hall–Kier alpha value is -2.73. The molecule has 1 atom stereocenters. The van der Waals surface area contributed by atoms with Crippen molar-refractivity contribution in [2.75, 3.05) is 13.2 Å². The summed E-state index contributed by atoms with van der Waals surface area (Å²) in [5, 5.41) is 13.6. The number of rotatable bonds is 6. The fourth-order valence-corrected chi connectivity index (χ4v) is 3.32. The summed E-state index contributed by atoms with van der Waals surface area (Å²) < 4.78 is 16.6. The molecule has 1 unspecified atom stereocenters. The summed E-state index contributed by atoms with van der Waals surface area (Å²) in [6, 6.07) is 8.99. The molecule has 2 N–H and O–H groups in total. The van der Waals surface area contributed by atoms with E-state index in [1.807, 2.05) is 18.2 Å². The van der Waals surface area contributed by atoms with Crippen LogP contribution < -0.4 is 10.1 Å². The van der Waals surface area contributed by atoms with Crippen molar-refractivity contribution in [3.63, 3.8) is 0 Å². The van der Waals surface area contributed by atoms with Gasteiger partial charge in [-0.05, 0) is 49.6 Å². The number of hydrogen-bond donors (Lipinski definition) is 2. The number of hydrogen-bond acceptors (Lipinski definition) is 5. The quantitative estimate of drug-likeness (QED) is 0.710. The normalized spacial score (nSPS) is 14.8. The molecule has 3 aromatic rings. The predicted octanol–water partition coefficient (Wildman–Crippen LogP) is 3.13. The summed E-state index contributed by atoms with van der Waals surface area (Å²) >= 11 is 0. The van der Waals surface area contributed by atoms with Gasteiger partial charge in [-0.25, -0.2) is 0 Å². The summed E-state index contributed by atoms with van der Waals surface area (Å²) in [5.41, 5.74) is 2.14. The van der Waals surface area contributed by atoms with Gasteiger partial charge in [0.25, 0.3) is 5.91 Å². The van der Waals surface area contributed by atoms with E-state index in [-0.39, 0.29) is 19.1 Å². The average Bonchev–Trinajstić information content (AvgIpc) is 3.32. The Morgan fingerprint density at radius 1 is 1.27 bits per heavy atom. The first kappa shape index (κ1) is 16.7. The van der Waals surface area contributed by atoms with E-state index < -0.39 is 6.10 Å². The van der Waals surface area contributed by atoms with Crippen molar-refractivity contribution in [1.82, 2.24) is 5.32 Å². The molecule has 1 amide bonds. The number of aryl methyl sites for hydroxylation is 2. The van der Waals surface area contributed by atoms with Gasteiger partial charge in [0.1, 0.15) is 29.0 Å². The number of furan rings is 2. The Bertz CT molecular complexity index is 896. The first-order valence-electron chi connectivity index (χ1n) is 8.86. The molecule has 6 nitrogen and oxygen atoms in total. The molecule has 6 heteroatoms. The third-order valence-corrected chi connectivity index (χ3v) is 4.66. The van der Waals surface area contributed by atoms with Crippen LogP contribution in [-0.2, 0) is 17.6 Å². The van der Waals surface area contributed by atoms with Crippen molar-refractivity contribution in [2.45, 2.75) is 31.8 Å². The average molecular weight is 355 g/mol. The lowest BCUT2D eigenvalue weighted by molar-refractivity contribution is -0.123. The van der Waals surface area contributed by atoms with Gasteiger partial charge in [0.2, 0.25) is 0 Å². The highest BCUT2D eigenvalue weighted by atomic mass is 16.5. The van der Waals surface area contributed by atoms with Crippen molar-refractivity contribution in [1.29, 1.82) is 0 Å². The molecular weight excluding hydrogens is 334 g/mol. The second-order valence-corrected chi connectivity index (χ2v) is 6.49. The molecule has 4 rings (SSSR count). The number of aliphatic hydroxyl groups is 1. The molecule has 136 valence electrons. The van der Waals surface area contributed by atoms with E-state index in [9.17, 15) is 9.90 Å². The minimum absolute atomic E-state index is 0.0734. The second kappa shape index (κ2) is 7.25. The van der Waals surface area contributed by atoms with Crippen LogP contribution in [0.4, 0.5) is 0 Å². The summed E-state index contributed by atoms with van der Waals surface area (Å²) in [7, 11) is 0. The van der Waals surface area contributed by atoms with E-state index in [1.165, 1.54) is 24.7 Å². The number of carbonyl (C=O) groups is 1. The van der Waals surface area contributed by atoms with Crippen LogP contribution >= 0.6 is 0 Å². The highest BCUT2D eigenvalue weighted by Crippen LogP contribution is 2.33. The highest BCUT2D eigenvalue weighted by molar-refractivity contribution is 5.84. The van der Waals surface area contributed by atoms with Crippen LogP contribution in [-0.4, -0.2) is 24.2 Å². The summed E-state index contributed by atoms with van der Waals surface area (Å²) in [4.78, 5) is 11.9. The SMILES string of the molecule is O=C(COc1ccc2oc3c(c2c1)CCCC3)NCC(O)c1ccco1. The molecule has 0 saturated carbocycles. The van der Waals surface area contributed by atoms with Gasteiger partial charge in [0.05, 0.1) is 12.8 Å². The number of ether oxygens (including phenoxy) is 1. The summed E-state index contributed by atoms with van der Waals surface area (Å²) in [5.74, 6) is 1.83. The highest BCUT2D eigenvalue weighted by Gasteiger charge is 2.18. The van der Waals surface area contributed by atoms with Crippen LogP contribution in [0.3, 0.4) is 0 Å². The standard InChI is InChI=1S/C20H21NO5/c22-16(19-6-3-9-24-19)11-21-20(23)12-25-13-7-8-18-15(10-13)14-4-1-2-5-17(14)26-18/h3,6-10,16,22H,1-2,4-5,11-12H2,(H,21,23). The molecule has 1 aliphatic carbocycles. The lowest BCUT2D eigenvalue weighted by Crippen LogP contribution is -2.32. The first-order valence-corrected chi connectivity index (χ1v) is 8.86. The fourth-order valence-electron chi connectivity index (χ4n) is 3.32. The molecule has 2 heterocycles. The van der Waals surface area contributed by atoms with Crippen molar-refractivity contribution in [3.8, 4) is 5.75 Å². The fraction of sp³-hybridized carbons (Fsp3) is 0.350. The van der Waals surface area contributed by atoms with E-state index in [1.54, 1.807) is 12.1 Å². The number of nitrogens with one attached hydrogen (secondary N) is 1. The zero-order chi connectivity index (χ0) is 17.9. The Balaban J connectivity index is 1.34.